The molecule has 15 nitrogen and oxygen atoms in total. The zero-order valence-electron chi connectivity index (χ0n) is 33.7. The van der Waals surface area contributed by atoms with E-state index in [9.17, 15) is 29.7 Å². The van der Waals surface area contributed by atoms with E-state index < -0.39 is 72.5 Å². The van der Waals surface area contributed by atoms with E-state index in [2.05, 4.69) is 6.92 Å². The van der Waals surface area contributed by atoms with Crippen molar-refractivity contribution in [2.45, 2.75) is 172 Å². The lowest BCUT2D eigenvalue weighted by atomic mass is 9.74. The minimum Gasteiger partial charge on any atom is -0.466 e. The van der Waals surface area contributed by atoms with Crippen molar-refractivity contribution in [2.24, 2.45) is 5.41 Å². The van der Waals surface area contributed by atoms with Crippen LogP contribution in [0.5, 0.6) is 5.95 Å². The van der Waals surface area contributed by atoms with Crippen LogP contribution in [0.1, 0.15) is 111 Å². The number of carbonyl (C=O) groups is 3. The van der Waals surface area contributed by atoms with Crippen LogP contribution in [0.2, 0.25) is 0 Å². The summed E-state index contributed by atoms with van der Waals surface area (Å²) in [6.07, 6.45) is 5.64. The molecule has 1 aromatic rings. The number of cyclic esters (lactones) is 1. The molecular formula is C42H62O15. The number of hydrogen-bond donors (Lipinski definition) is 3. The molecular weight excluding hydrogens is 744 g/mol. The van der Waals surface area contributed by atoms with E-state index in [-0.39, 0.29) is 56.0 Å². The zero-order chi connectivity index (χ0) is 41.0. The largest absolute Gasteiger partial charge is 0.466 e. The van der Waals surface area contributed by atoms with Gasteiger partial charge >= 0.3 is 17.9 Å². The number of ether oxygens (including phenoxy) is 8. The number of carbonyl (C=O) groups excluding carboxylic acids is 3. The Morgan fingerprint density at radius 2 is 1.75 bits per heavy atom. The first kappa shape index (κ1) is 44.8. The van der Waals surface area contributed by atoms with Gasteiger partial charge in [-0.15, -0.1) is 0 Å². The monoisotopic (exact) mass is 806 g/mol. The first-order valence-electron chi connectivity index (χ1n) is 20.5. The van der Waals surface area contributed by atoms with Gasteiger partial charge in [-0.3, -0.25) is 9.59 Å². The van der Waals surface area contributed by atoms with Gasteiger partial charge in [-0.05, 0) is 37.0 Å². The Hall–Kier alpha value is -3.31. The summed E-state index contributed by atoms with van der Waals surface area (Å²) in [7, 11) is 1.21. The van der Waals surface area contributed by atoms with Gasteiger partial charge in [0.05, 0.1) is 63.5 Å². The van der Waals surface area contributed by atoms with E-state index in [1.54, 1.807) is 38.1 Å². The van der Waals surface area contributed by atoms with Gasteiger partial charge in [0.15, 0.2) is 12.4 Å². The van der Waals surface area contributed by atoms with Crippen molar-refractivity contribution < 1.29 is 72.0 Å². The van der Waals surface area contributed by atoms with E-state index in [1.807, 2.05) is 0 Å². The quantitative estimate of drug-likeness (QED) is 0.0889. The van der Waals surface area contributed by atoms with Crippen LogP contribution in [-0.4, -0.2) is 114 Å². The molecule has 0 saturated carbocycles. The Bertz CT molecular complexity index is 1490. The zero-order valence-corrected chi connectivity index (χ0v) is 33.7. The minimum atomic E-state index is -2.28. The first-order valence-corrected chi connectivity index (χ1v) is 20.5. The van der Waals surface area contributed by atoms with Crippen LogP contribution in [0, 0.1) is 5.41 Å². The molecule has 0 aromatic carbocycles. The Balaban J connectivity index is 1.45. The second-order valence-corrected chi connectivity index (χ2v) is 16.2. The summed E-state index contributed by atoms with van der Waals surface area (Å²) >= 11 is 0. The Morgan fingerprint density at radius 3 is 2.47 bits per heavy atom. The Labute approximate surface area is 334 Å². The SMILES string of the molecule is CCCCCCCC(=O)O[C@H]1/C(=C/C(=O)OC)C[C@H]2C[C@H](CO)OC(=O)C[C@H](O)C[C@@H]3C[C@H](Oc4ccco4)C[C@H](C[C@@H]4CCO[C@H](/C=C/C(C)(C)[C@]1(O)O2)O4)O3. The smallest absolute Gasteiger partial charge is 0.330 e. The van der Waals surface area contributed by atoms with E-state index in [1.165, 1.54) is 19.4 Å². The summed E-state index contributed by atoms with van der Waals surface area (Å²) in [6.45, 7) is 5.29. The fraction of sp³-hybridized carbons (Fsp3) is 0.738. The second-order valence-electron chi connectivity index (χ2n) is 16.2. The molecule has 0 unspecified atom stereocenters. The number of rotatable bonds is 11. The second kappa shape index (κ2) is 21.1. The average molecular weight is 807 g/mol. The fourth-order valence-electron chi connectivity index (χ4n) is 8.01. The summed E-state index contributed by atoms with van der Waals surface area (Å²) in [5.41, 5.74) is -1.10. The third-order valence-electron chi connectivity index (χ3n) is 11.1. The van der Waals surface area contributed by atoms with Gasteiger partial charge in [-0.1, -0.05) is 52.5 Å². The van der Waals surface area contributed by atoms with Crippen LogP contribution in [0.15, 0.2) is 46.6 Å². The molecule has 6 bridgehead atoms. The molecule has 4 aliphatic rings. The molecule has 0 amide bonds. The predicted octanol–water partition coefficient (Wildman–Crippen LogP) is 4.98. The van der Waals surface area contributed by atoms with Crippen molar-refractivity contribution in [2.75, 3.05) is 20.3 Å². The van der Waals surface area contributed by atoms with E-state index in [4.69, 9.17) is 42.3 Å². The summed E-state index contributed by atoms with van der Waals surface area (Å²) in [6, 6.07) is 3.46. The minimum absolute atomic E-state index is 0.0275. The molecule has 3 saturated heterocycles. The standard InChI is InChI=1S/C42H62O15/c1-5-6-7-8-9-11-35(45)56-40-27(19-36(46)49-4)18-33-25-34(26-43)53-37(47)21-28(44)20-30-23-32(55-38-12-10-16-50-38)24-31(52-30)22-29-14-17-51-39(54-29)13-15-41(2,3)42(40,48)57-33/h10,12-13,15-16,19,28-34,39-40,43-44,48H,5-9,11,14,17-18,20-26H2,1-4H3/b15-13+,27-19+/t28-,29+,30-,31+,32+,33+,34-,39+,40+,42-/m1/s1. The van der Waals surface area contributed by atoms with Gasteiger partial charge in [-0.2, -0.15) is 0 Å². The Morgan fingerprint density at radius 1 is 0.982 bits per heavy atom. The van der Waals surface area contributed by atoms with Crippen molar-refractivity contribution in [3.63, 3.8) is 0 Å². The van der Waals surface area contributed by atoms with E-state index in [0.717, 1.165) is 25.7 Å². The van der Waals surface area contributed by atoms with Gasteiger partial charge in [0.2, 0.25) is 5.79 Å². The third kappa shape index (κ3) is 12.8. The molecule has 0 aliphatic carbocycles. The molecule has 5 rings (SSSR count). The van der Waals surface area contributed by atoms with Crippen LogP contribution < -0.4 is 4.74 Å². The molecule has 3 N–H and O–H groups in total. The first-order chi connectivity index (χ1) is 27.3. The normalized spacial score (nSPS) is 35.0. The van der Waals surface area contributed by atoms with Gasteiger partial charge < -0.3 is 57.6 Å². The lowest BCUT2D eigenvalue weighted by Crippen LogP contribution is -2.62. The lowest BCUT2D eigenvalue weighted by molar-refractivity contribution is -0.327. The third-order valence-corrected chi connectivity index (χ3v) is 11.1. The number of unbranched alkanes of at least 4 members (excludes halogenated alkanes) is 4. The molecule has 0 spiro atoms. The molecule has 0 radical (unpaired) electrons. The van der Waals surface area contributed by atoms with Crippen molar-refractivity contribution in [3.8, 4) is 5.95 Å². The van der Waals surface area contributed by atoms with Crippen LogP contribution >= 0.6 is 0 Å². The predicted molar refractivity (Wildman–Crippen MR) is 202 cm³/mol. The molecule has 5 heterocycles. The van der Waals surface area contributed by atoms with Crippen LogP contribution in [0.4, 0.5) is 0 Å². The summed E-state index contributed by atoms with van der Waals surface area (Å²) < 4.78 is 53.4. The maximum atomic E-state index is 13.4. The number of aliphatic hydroxyl groups is 3. The highest BCUT2D eigenvalue weighted by atomic mass is 16.7. The highest BCUT2D eigenvalue weighted by Crippen LogP contribution is 2.47. The molecule has 10 atom stereocenters. The summed E-state index contributed by atoms with van der Waals surface area (Å²) in [5, 5.41) is 34.1. The lowest BCUT2D eigenvalue weighted by Gasteiger charge is -2.51. The Kier molecular flexibility index (Phi) is 16.6. The maximum absolute atomic E-state index is 13.4. The van der Waals surface area contributed by atoms with E-state index in [0.29, 0.717) is 44.7 Å². The summed E-state index contributed by atoms with van der Waals surface area (Å²) in [4.78, 5) is 39.3. The van der Waals surface area contributed by atoms with Crippen LogP contribution in [0.3, 0.4) is 0 Å². The number of aliphatic hydroxyl groups excluding tert-OH is 2. The number of fused-ring (bicyclic) bond motifs is 6. The van der Waals surface area contributed by atoms with Gasteiger partial charge in [0.25, 0.3) is 5.95 Å². The fourth-order valence-corrected chi connectivity index (χ4v) is 8.01. The molecule has 1 aromatic heterocycles. The molecule has 57 heavy (non-hydrogen) atoms. The number of methoxy groups -OCH3 is 1. The number of furan rings is 1. The van der Waals surface area contributed by atoms with Crippen molar-refractivity contribution in [3.05, 3.63) is 42.2 Å². The molecule has 4 aliphatic heterocycles. The van der Waals surface area contributed by atoms with Crippen LogP contribution in [0.25, 0.3) is 0 Å². The number of esters is 3. The molecule has 15 heteroatoms. The van der Waals surface area contributed by atoms with Gasteiger partial charge in [-0.25, -0.2) is 4.79 Å². The van der Waals surface area contributed by atoms with Gasteiger partial charge in [0.1, 0.15) is 12.2 Å². The van der Waals surface area contributed by atoms with Crippen molar-refractivity contribution in [1.29, 1.82) is 0 Å². The highest BCUT2D eigenvalue weighted by Gasteiger charge is 2.57. The van der Waals surface area contributed by atoms with Crippen LogP contribution in [-0.2, 0) is 47.5 Å². The maximum Gasteiger partial charge on any atom is 0.330 e. The molecule has 320 valence electrons. The summed E-state index contributed by atoms with van der Waals surface area (Å²) in [5.74, 6) is -3.96. The molecule has 3 fully saturated rings. The van der Waals surface area contributed by atoms with E-state index >= 15 is 0 Å². The number of hydrogen-bond acceptors (Lipinski definition) is 15. The highest BCUT2D eigenvalue weighted by molar-refractivity contribution is 5.83. The van der Waals surface area contributed by atoms with Gasteiger partial charge in [0, 0.05) is 56.1 Å². The van der Waals surface area contributed by atoms with Crippen molar-refractivity contribution in [1.82, 2.24) is 0 Å². The van der Waals surface area contributed by atoms with Crippen molar-refractivity contribution >= 4 is 17.9 Å². The topological polar surface area (TPSA) is 199 Å². The average Bonchev–Trinajstić information content (AvgIpc) is 3.67.